The van der Waals surface area contributed by atoms with Gasteiger partial charge in [-0.2, -0.15) is 0 Å². The van der Waals surface area contributed by atoms with Crippen LogP contribution in [0.3, 0.4) is 0 Å². The Hall–Kier alpha value is -0.340. The van der Waals surface area contributed by atoms with Gasteiger partial charge in [0, 0.05) is 12.7 Å². The van der Waals surface area contributed by atoms with Gasteiger partial charge in [-0.05, 0) is 12.2 Å². The number of hydrogen-bond donors (Lipinski definition) is 1. The molecule has 0 radical (unpaired) electrons. The summed E-state index contributed by atoms with van der Waals surface area (Å²) in [7, 11) is 1.44. The Morgan fingerprint density at radius 2 is 2.00 bits per heavy atom. The minimum atomic E-state index is -0.663. The summed E-state index contributed by atoms with van der Waals surface area (Å²) in [4.78, 5) is 38.4. The van der Waals surface area contributed by atoms with E-state index in [1.807, 2.05) is 0 Å². The molecule has 1 atom stereocenters. The molecular formula is C12H21NO4S3. The van der Waals surface area contributed by atoms with Crippen LogP contribution in [0.4, 0.5) is 0 Å². The zero-order valence-electron chi connectivity index (χ0n) is 12.0. The van der Waals surface area contributed by atoms with Gasteiger partial charge in [-0.25, -0.2) is 4.79 Å². The lowest BCUT2D eigenvalue weighted by Gasteiger charge is -2.11. The van der Waals surface area contributed by atoms with Gasteiger partial charge in [-0.3, -0.25) is 9.59 Å². The second kappa shape index (κ2) is 11.3. The summed E-state index contributed by atoms with van der Waals surface area (Å²) in [6.07, 6.45) is 2.27. The fourth-order valence-corrected chi connectivity index (χ4v) is 3.22. The van der Waals surface area contributed by atoms with E-state index in [1.165, 1.54) is 29.0 Å². The molecule has 1 heterocycles. The smallest absolute Gasteiger partial charge is 0.330 e. The standard InChI is InChI=1S/C9H13NO4S3.C3H8/c1-6(11)14-10-8(12)5-7(9(10)13)16-3-2-4-17-15;1-3-2/h7,15H,2-5H2,1H3;3H2,1-2H3. The predicted octanol–water partition coefficient (Wildman–Crippen LogP) is 2.71. The summed E-state index contributed by atoms with van der Waals surface area (Å²) >= 11 is 5.42. The Bertz CT molecular complexity index is 339. The molecule has 1 aliphatic heterocycles. The summed E-state index contributed by atoms with van der Waals surface area (Å²) in [6, 6.07) is 0. The molecule has 1 aliphatic rings. The first-order chi connectivity index (χ1) is 9.47. The quantitative estimate of drug-likeness (QED) is 0.347. The molecule has 0 aromatic heterocycles. The number of carbonyl (C=O) groups is 3. The second-order valence-electron chi connectivity index (χ2n) is 4.07. The van der Waals surface area contributed by atoms with Gasteiger partial charge in [0.2, 0.25) is 0 Å². The van der Waals surface area contributed by atoms with Crippen molar-refractivity contribution in [2.45, 2.75) is 45.3 Å². The number of rotatable bonds is 6. The number of thioether (sulfide) groups is 1. The highest BCUT2D eigenvalue weighted by atomic mass is 33.1. The Morgan fingerprint density at radius 3 is 2.50 bits per heavy atom. The molecule has 0 N–H and O–H groups in total. The van der Waals surface area contributed by atoms with E-state index < -0.39 is 23.0 Å². The maximum absolute atomic E-state index is 11.7. The van der Waals surface area contributed by atoms with Crippen LogP contribution in [-0.4, -0.2) is 39.6 Å². The number of thiol groups is 1. The van der Waals surface area contributed by atoms with Gasteiger partial charge in [0.1, 0.15) is 0 Å². The Balaban J connectivity index is 0.00000110. The van der Waals surface area contributed by atoms with E-state index in [4.69, 9.17) is 0 Å². The first-order valence-corrected chi connectivity index (χ1v) is 9.49. The average Bonchev–Trinajstić information content (AvgIpc) is 2.63. The fraction of sp³-hybridized carbons (Fsp3) is 0.750. The third-order valence-corrected chi connectivity index (χ3v) is 4.29. The zero-order chi connectivity index (χ0) is 15.5. The van der Waals surface area contributed by atoms with Gasteiger partial charge in [-0.1, -0.05) is 31.1 Å². The van der Waals surface area contributed by atoms with Gasteiger partial charge >= 0.3 is 5.97 Å². The van der Waals surface area contributed by atoms with E-state index >= 15 is 0 Å². The first-order valence-electron chi connectivity index (χ1n) is 6.41. The van der Waals surface area contributed by atoms with Crippen molar-refractivity contribution < 1.29 is 19.2 Å². The number of nitrogens with zero attached hydrogens (tertiary/aromatic N) is 1. The van der Waals surface area contributed by atoms with Crippen LogP contribution < -0.4 is 0 Å². The van der Waals surface area contributed by atoms with Crippen molar-refractivity contribution in [1.29, 1.82) is 0 Å². The highest BCUT2D eigenvalue weighted by Gasteiger charge is 2.41. The van der Waals surface area contributed by atoms with Crippen molar-refractivity contribution in [2.75, 3.05) is 11.5 Å². The third-order valence-electron chi connectivity index (χ3n) is 1.98. The Kier molecular flexibility index (Phi) is 11.1. The minimum Gasteiger partial charge on any atom is -0.331 e. The molecule has 0 bridgehead atoms. The van der Waals surface area contributed by atoms with Crippen LogP contribution in [0.2, 0.25) is 0 Å². The van der Waals surface area contributed by atoms with Gasteiger partial charge in [0.25, 0.3) is 11.8 Å². The van der Waals surface area contributed by atoms with Crippen molar-refractivity contribution in [3.8, 4) is 0 Å². The molecule has 1 fully saturated rings. The fourth-order valence-electron chi connectivity index (χ4n) is 1.29. The van der Waals surface area contributed by atoms with Gasteiger partial charge < -0.3 is 4.84 Å². The molecule has 0 aromatic rings. The lowest BCUT2D eigenvalue weighted by atomic mass is 10.4. The second-order valence-corrected chi connectivity index (χ2v) is 6.82. The highest BCUT2D eigenvalue weighted by molar-refractivity contribution is 8.68. The summed E-state index contributed by atoms with van der Waals surface area (Å²) in [5.41, 5.74) is 0. The van der Waals surface area contributed by atoms with E-state index in [0.717, 1.165) is 24.9 Å². The van der Waals surface area contributed by atoms with Crippen LogP contribution >= 0.6 is 34.2 Å². The molecule has 20 heavy (non-hydrogen) atoms. The van der Waals surface area contributed by atoms with Crippen LogP contribution in [0, 0.1) is 0 Å². The van der Waals surface area contributed by atoms with Gasteiger partial charge in [0.15, 0.2) is 0 Å². The molecule has 2 amide bonds. The normalized spacial score (nSPS) is 17.8. The number of carbonyl (C=O) groups excluding carboxylic acids is 3. The van der Waals surface area contributed by atoms with Crippen LogP contribution in [0.5, 0.6) is 0 Å². The SMILES string of the molecule is CC(=O)ON1C(=O)CC(SCCCSS)C1=O.CCC. The van der Waals surface area contributed by atoms with E-state index in [0.29, 0.717) is 5.06 Å². The van der Waals surface area contributed by atoms with Crippen LogP contribution in [-0.2, 0) is 19.2 Å². The van der Waals surface area contributed by atoms with Crippen LogP contribution in [0.15, 0.2) is 0 Å². The van der Waals surface area contributed by atoms with E-state index in [-0.39, 0.29) is 6.42 Å². The monoisotopic (exact) mass is 339 g/mol. The summed E-state index contributed by atoms with van der Waals surface area (Å²) in [5.74, 6) is 0.132. The van der Waals surface area contributed by atoms with Crippen LogP contribution in [0.25, 0.3) is 0 Å². The molecule has 1 rings (SSSR count). The molecule has 1 saturated heterocycles. The maximum atomic E-state index is 11.7. The van der Waals surface area contributed by atoms with Gasteiger partial charge in [0.05, 0.1) is 11.7 Å². The van der Waals surface area contributed by atoms with Crippen molar-refractivity contribution >= 4 is 52.0 Å². The minimum absolute atomic E-state index is 0.102. The van der Waals surface area contributed by atoms with Crippen molar-refractivity contribution in [1.82, 2.24) is 5.06 Å². The van der Waals surface area contributed by atoms with Crippen molar-refractivity contribution in [2.24, 2.45) is 0 Å². The summed E-state index contributed by atoms with van der Waals surface area (Å²) < 4.78 is 0. The predicted molar refractivity (Wildman–Crippen MR) is 86.5 cm³/mol. The summed E-state index contributed by atoms with van der Waals surface area (Å²) in [5, 5.41) is 0.152. The van der Waals surface area contributed by atoms with Crippen LogP contribution in [0.1, 0.15) is 40.0 Å². The maximum Gasteiger partial charge on any atom is 0.330 e. The van der Waals surface area contributed by atoms with Gasteiger partial charge in [-0.15, -0.1) is 28.5 Å². The molecule has 8 heteroatoms. The van der Waals surface area contributed by atoms with E-state index in [1.54, 1.807) is 0 Å². The number of imide groups is 1. The van der Waals surface area contributed by atoms with Crippen molar-refractivity contribution in [3.63, 3.8) is 0 Å². The zero-order valence-corrected chi connectivity index (χ0v) is 14.5. The molecule has 116 valence electrons. The Labute approximate surface area is 133 Å². The number of hydrogen-bond acceptors (Lipinski definition) is 7. The number of amides is 2. The topological polar surface area (TPSA) is 63.7 Å². The molecule has 0 aliphatic carbocycles. The summed E-state index contributed by atoms with van der Waals surface area (Å²) in [6.45, 7) is 5.41. The third kappa shape index (κ3) is 7.44. The van der Waals surface area contributed by atoms with Crippen molar-refractivity contribution in [3.05, 3.63) is 0 Å². The molecule has 1 unspecified atom stereocenters. The molecule has 0 saturated carbocycles. The molecule has 0 spiro atoms. The molecule has 5 nitrogen and oxygen atoms in total. The largest absolute Gasteiger partial charge is 0.331 e. The van der Waals surface area contributed by atoms with E-state index in [9.17, 15) is 14.4 Å². The average molecular weight is 340 g/mol. The molecular weight excluding hydrogens is 318 g/mol. The highest BCUT2D eigenvalue weighted by Crippen LogP contribution is 2.26. The van der Waals surface area contributed by atoms with E-state index in [2.05, 4.69) is 30.3 Å². The Morgan fingerprint density at radius 1 is 1.40 bits per heavy atom. The number of hydroxylamine groups is 2. The lowest BCUT2D eigenvalue weighted by molar-refractivity contribution is -0.195. The first kappa shape index (κ1) is 19.7. The molecule has 0 aromatic carbocycles. The lowest BCUT2D eigenvalue weighted by Crippen LogP contribution is -2.33.